The fraction of sp³-hybridized carbons (Fsp3) is 0.706. The van der Waals surface area contributed by atoms with Gasteiger partial charge in [-0.25, -0.2) is 0 Å². The number of methoxy groups -OCH3 is 1. The minimum atomic E-state index is 0.653. The zero-order chi connectivity index (χ0) is 15.3. The van der Waals surface area contributed by atoms with E-state index < -0.39 is 0 Å². The second kappa shape index (κ2) is 11.5. The highest BCUT2D eigenvalue weighted by atomic mass is 16.5. The Morgan fingerprint density at radius 1 is 1.29 bits per heavy atom. The molecule has 120 valence electrons. The summed E-state index contributed by atoms with van der Waals surface area (Å²) in [5.74, 6) is 1.52. The van der Waals surface area contributed by atoms with Crippen LogP contribution in [-0.2, 0) is 11.3 Å². The van der Waals surface area contributed by atoms with Crippen molar-refractivity contribution in [3.8, 4) is 5.75 Å². The lowest BCUT2D eigenvalue weighted by Crippen LogP contribution is -2.19. The van der Waals surface area contributed by atoms with Crippen molar-refractivity contribution in [1.82, 2.24) is 10.3 Å². The molecule has 1 rings (SSSR count). The molecular weight excluding hydrogens is 264 g/mol. The molecule has 0 aliphatic heterocycles. The van der Waals surface area contributed by atoms with Gasteiger partial charge in [-0.05, 0) is 24.5 Å². The molecule has 0 aliphatic rings. The van der Waals surface area contributed by atoms with Crippen LogP contribution in [-0.4, -0.2) is 31.9 Å². The lowest BCUT2D eigenvalue weighted by molar-refractivity contribution is 0.199. The van der Waals surface area contributed by atoms with Gasteiger partial charge in [0.25, 0.3) is 0 Å². The molecule has 1 aromatic rings. The third-order valence-electron chi connectivity index (χ3n) is 3.62. The van der Waals surface area contributed by atoms with Crippen molar-refractivity contribution in [2.75, 3.05) is 26.9 Å². The molecule has 0 bridgehead atoms. The second-order valence-corrected chi connectivity index (χ2v) is 5.38. The monoisotopic (exact) mass is 294 g/mol. The minimum absolute atomic E-state index is 0.653. The highest BCUT2D eigenvalue weighted by Gasteiger charge is 2.07. The van der Waals surface area contributed by atoms with E-state index >= 15 is 0 Å². The predicted octanol–water partition coefficient (Wildman–Crippen LogP) is 3.41. The lowest BCUT2D eigenvalue weighted by Gasteiger charge is -2.15. The zero-order valence-electron chi connectivity index (χ0n) is 13.7. The van der Waals surface area contributed by atoms with Crippen molar-refractivity contribution in [3.05, 3.63) is 24.0 Å². The van der Waals surface area contributed by atoms with Crippen molar-refractivity contribution in [3.63, 3.8) is 0 Å². The maximum absolute atomic E-state index is 5.85. The van der Waals surface area contributed by atoms with Crippen LogP contribution < -0.4 is 10.1 Å². The second-order valence-electron chi connectivity index (χ2n) is 5.38. The number of hydrogen-bond donors (Lipinski definition) is 1. The van der Waals surface area contributed by atoms with Crippen molar-refractivity contribution >= 4 is 0 Å². The van der Waals surface area contributed by atoms with Crippen LogP contribution in [0.15, 0.2) is 18.3 Å². The summed E-state index contributed by atoms with van der Waals surface area (Å²) in [6.07, 6.45) is 6.78. The van der Waals surface area contributed by atoms with Crippen LogP contribution in [0.4, 0.5) is 0 Å². The molecule has 0 amide bonds. The maximum Gasteiger partial charge on any atom is 0.137 e. The van der Waals surface area contributed by atoms with Gasteiger partial charge in [0.2, 0.25) is 0 Å². The van der Waals surface area contributed by atoms with Gasteiger partial charge < -0.3 is 14.8 Å². The first-order valence-corrected chi connectivity index (χ1v) is 8.07. The third-order valence-corrected chi connectivity index (χ3v) is 3.62. The van der Waals surface area contributed by atoms with Crippen LogP contribution in [0.2, 0.25) is 0 Å². The molecule has 0 saturated carbocycles. The molecule has 0 radical (unpaired) electrons. The molecule has 4 heteroatoms. The summed E-state index contributed by atoms with van der Waals surface area (Å²) in [6, 6.07) is 4.02. The van der Waals surface area contributed by atoms with Crippen molar-refractivity contribution in [2.45, 2.75) is 46.1 Å². The zero-order valence-corrected chi connectivity index (χ0v) is 13.7. The van der Waals surface area contributed by atoms with Gasteiger partial charge in [-0.15, -0.1) is 0 Å². The third kappa shape index (κ3) is 8.02. The molecule has 0 saturated heterocycles. The molecule has 1 unspecified atom stereocenters. The highest BCUT2D eigenvalue weighted by molar-refractivity contribution is 5.19. The van der Waals surface area contributed by atoms with Gasteiger partial charge in [0.05, 0.1) is 25.1 Å². The first-order chi connectivity index (χ1) is 10.3. The maximum atomic E-state index is 5.85. The van der Waals surface area contributed by atoms with Gasteiger partial charge in [0.15, 0.2) is 0 Å². The van der Waals surface area contributed by atoms with Gasteiger partial charge in [0.1, 0.15) is 5.75 Å². The Labute approximate surface area is 129 Å². The standard InChI is InChI=1S/C17H30N2O2/c1-4-6-7-15(5-2)14-21-17-9-8-16(19-13-17)12-18-10-11-20-3/h8-9,13,15,18H,4-7,10-12,14H2,1-3H3. The quantitative estimate of drug-likeness (QED) is 0.600. The molecule has 4 nitrogen and oxygen atoms in total. The molecule has 0 spiro atoms. The van der Waals surface area contributed by atoms with E-state index in [-0.39, 0.29) is 0 Å². The summed E-state index contributed by atoms with van der Waals surface area (Å²) < 4.78 is 10.8. The summed E-state index contributed by atoms with van der Waals surface area (Å²) in [5.41, 5.74) is 1.02. The SMILES string of the molecule is CCCCC(CC)COc1ccc(CNCCOC)nc1. The highest BCUT2D eigenvalue weighted by Crippen LogP contribution is 2.16. The Kier molecular flexibility index (Phi) is 9.83. The number of ether oxygens (including phenoxy) is 2. The Balaban J connectivity index is 2.29. The summed E-state index contributed by atoms with van der Waals surface area (Å²) in [6.45, 7) is 7.58. The number of aromatic nitrogens is 1. The van der Waals surface area contributed by atoms with Gasteiger partial charge >= 0.3 is 0 Å². The average molecular weight is 294 g/mol. The molecular formula is C17H30N2O2. The summed E-state index contributed by atoms with van der Waals surface area (Å²) >= 11 is 0. The van der Waals surface area contributed by atoms with E-state index in [0.29, 0.717) is 5.92 Å². The minimum Gasteiger partial charge on any atom is -0.492 e. The number of nitrogens with one attached hydrogen (secondary N) is 1. The summed E-state index contributed by atoms with van der Waals surface area (Å²) in [4.78, 5) is 4.41. The Hall–Kier alpha value is -1.13. The first-order valence-electron chi connectivity index (χ1n) is 8.07. The topological polar surface area (TPSA) is 43.4 Å². The molecule has 0 aliphatic carbocycles. The van der Waals surface area contributed by atoms with Crippen LogP contribution in [0.25, 0.3) is 0 Å². The number of unbranched alkanes of at least 4 members (excludes halogenated alkanes) is 1. The fourth-order valence-electron chi connectivity index (χ4n) is 2.10. The Bertz CT molecular complexity index is 354. The van der Waals surface area contributed by atoms with Crippen molar-refractivity contribution in [1.29, 1.82) is 0 Å². The van der Waals surface area contributed by atoms with E-state index in [4.69, 9.17) is 9.47 Å². The van der Waals surface area contributed by atoms with Crippen LogP contribution in [0.5, 0.6) is 5.75 Å². The normalized spacial score (nSPS) is 12.3. The molecule has 1 heterocycles. The van der Waals surface area contributed by atoms with E-state index in [2.05, 4.69) is 24.1 Å². The molecule has 0 fully saturated rings. The number of nitrogens with zero attached hydrogens (tertiary/aromatic N) is 1. The van der Waals surface area contributed by atoms with Gasteiger partial charge in [0, 0.05) is 20.2 Å². The summed E-state index contributed by atoms with van der Waals surface area (Å²) in [7, 11) is 1.70. The smallest absolute Gasteiger partial charge is 0.137 e. The van der Waals surface area contributed by atoms with Crippen molar-refractivity contribution < 1.29 is 9.47 Å². The fourth-order valence-corrected chi connectivity index (χ4v) is 2.10. The number of rotatable bonds is 12. The van der Waals surface area contributed by atoms with Crippen molar-refractivity contribution in [2.24, 2.45) is 5.92 Å². The van der Waals surface area contributed by atoms with E-state index in [1.54, 1.807) is 7.11 Å². The van der Waals surface area contributed by atoms with Gasteiger partial charge in [-0.2, -0.15) is 0 Å². The van der Waals surface area contributed by atoms with E-state index in [0.717, 1.165) is 37.7 Å². The lowest BCUT2D eigenvalue weighted by atomic mass is 10.0. The summed E-state index contributed by atoms with van der Waals surface area (Å²) in [5, 5.41) is 3.28. The average Bonchev–Trinajstić information content (AvgIpc) is 2.53. The largest absolute Gasteiger partial charge is 0.492 e. The Morgan fingerprint density at radius 3 is 2.76 bits per heavy atom. The Morgan fingerprint density at radius 2 is 2.14 bits per heavy atom. The van der Waals surface area contributed by atoms with Crippen LogP contribution in [0, 0.1) is 5.92 Å². The van der Waals surface area contributed by atoms with E-state index in [1.807, 2.05) is 18.3 Å². The molecule has 21 heavy (non-hydrogen) atoms. The van der Waals surface area contributed by atoms with E-state index in [1.165, 1.54) is 25.7 Å². The molecule has 1 aromatic heterocycles. The van der Waals surface area contributed by atoms with Crippen LogP contribution in [0.3, 0.4) is 0 Å². The van der Waals surface area contributed by atoms with Gasteiger partial charge in [-0.3, -0.25) is 4.98 Å². The van der Waals surface area contributed by atoms with Gasteiger partial charge in [-0.1, -0.05) is 33.1 Å². The molecule has 1 N–H and O–H groups in total. The number of hydrogen-bond acceptors (Lipinski definition) is 4. The predicted molar refractivity (Wildman–Crippen MR) is 86.6 cm³/mol. The molecule has 1 atom stereocenters. The number of pyridine rings is 1. The first kappa shape index (κ1) is 17.9. The van der Waals surface area contributed by atoms with Crippen LogP contribution >= 0.6 is 0 Å². The van der Waals surface area contributed by atoms with E-state index in [9.17, 15) is 0 Å². The molecule has 0 aromatic carbocycles. The van der Waals surface area contributed by atoms with Crippen LogP contribution in [0.1, 0.15) is 45.2 Å².